The molecule has 0 N–H and O–H groups in total. The van der Waals surface area contributed by atoms with Gasteiger partial charge in [0.1, 0.15) is 6.63 Å². The van der Waals surface area contributed by atoms with Crippen molar-refractivity contribution in [2.45, 2.75) is 78.0 Å². The highest BCUT2D eigenvalue weighted by atomic mass is 32.4. The van der Waals surface area contributed by atoms with E-state index in [4.69, 9.17) is 39.8 Å². The van der Waals surface area contributed by atoms with Gasteiger partial charge in [-0.25, -0.2) is 0 Å². The summed E-state index contributed by atoms with van der Waals surface area (Å²) in [7, 11) is -5.25. The Bertz CT molecular complexity index is 2950. The summed E-state index contributed by atoms with van der Waals surface area (Å²) in [5.41, 5.74) is 0. The third-order valence-electron chi connectivity index (χ3n) is 11.8. The van der Waals surface area contributed by atoms with Crippen LogP contribution in [0.5, 0.6) is 0 Å². The van der Waals surface area contributed by atoms with Crippen LogP contribution in [0.1, 0.15) is 13.8 Å². The van der Waals surface area contributed by atoms with Crippen molar-refractivity contribution in [3.8, 4) is 92.2 Å². The minimum absolute atomic E-state index is 0.513. The third kappa shape index (κ3) is 8.07. The van der Waals surface area contributed by atoms with Crippen molar-refractivity contribution < 1.29 is 39.8 Å². The largest absolute Gasteiger partial charge is 0.464 e. The molecule has 0 atom stereocenters. The van der Waals surface area contributed by atoms with Crippen LogP contribution in [0.2, 0.25) is 58.9 Å². The second-order valence-electron chi connectivity index (χ2n) is 19.4. The van der Waals surface area contributed by atoms with E-state index in [1.54, 1.807) is 0 Å². The molecule has 9 aromatic rings. The maximum absolute atomic E-state index is 6.88. The van der Waals surface area contributed by atoms with Crippen molar-refractivity contribution in [2.24, 2.45) is 0 Å². The molecule has 0 radical (unpaired) electrons. The molecule has 0 bridgehead atoms. The summed E-state index contributed by atoms with van der Waals surface area (Å²) in [5.74, 6) is 9.75. The summed E-state index contributed by atoms with van der Waals surface area (Å²) in [6.07, 6.45) is 0. The summed E-state index contributed by atoms with van der Waals surface area (Å²) < 4.78 is 56.5. The molecule has 0 aromatic carbocycles. The molecule has 0 saturated carbocycles. The minimum Gasteiger partial charge on any atom is -0.464 e. The predicted molar refractivity (Wildman–Crippen MR) is 267 cm³/mol. The molecule has 9 nitrogen and oxygen atoms in total. The molecule has 63 heavy (non-hydrogen) atoms. The molecule has 0 spiro atoms. The lowest BCUT2D eigenvalue weighted by atomic mass is 10.3. The van der Waals surface area contributed by atoms with Crippen LogP contribution in [-0.2, 0) is 0 Å². The SMILES string of the molecule is CC(C)S[SiH2]c1ccc(-c2ccc(-c3ccc(-c4ccc(-c5ccc(-c6ccc(-c7ccc(-c8ccc(-c9ccc([Si]([Si](C)(C)C)([Si](C)(C)C)[Si](C)(C)C)o9)o8)o7)o6)o5)o4)o3)o2)o1. The second-order valence-corrected chi connectivity index (χ2v) is 63.8. The Kier molecular flexibility index (Phi) is 11.1. The molecule has 9 heterocycles. The summed E-state index contributed by atoms with van der Waals surface area (Å²) in [6, 6.07) is 34.8. The lowest BCUT2D eigenvalue weighted by Gasteiger charge is -2.55. The van der Waals surface area contributed by atoms with Gasteiger partial charge in [0.25, 0.3) is 0 Å². The average Bonchev–Trinajstić information content (AvgIpc) is 4.07. The van der Waals surface area contributed by atoms with Crippen LogP contribution in [0.15, 0.2) is 149 Å². The van der Waals surface area contributed by atoms with Gasteiger partial charge in [-0.3, -0.25) is 0 Å². The van der Waals surface area contributed by atoms with Gasteiger partial charge in [0, 0.05) is 22.8 Å². The molecule has 0 fully saturated rings. The highest BCUT2D eigenvalue weighted by Gasteiger charge is 2.64. The minimum atomic E-state index is -1.89. The predicted octanol–water partition coefficient (Wildman–Crippen LogP) is 14.1. The standard InChI is InChI=1S/C48H54O9SSi5/c1-30(2)58-59-47-28-26-45(56-47)43-24-22-41(54-43)39-20-18-37(52-39)35-16-14-33(50-35)31-12-13-32(49-31)34-15-17-36(51-34)38-19-21-40(53-38)42-23-25-44(55-42)46-27-29-48(57-46)63(60(3,4)5,61(6,7)8)62(9,10)11/h12-30H,59H2,1-11H3. The highest BCUT2D eigenvalue weighted by Crippen LogP contribution is 2.41. The molecule has 0 aliphatic carbocycles. The monoisotopic (exact) mass is 946 g/mol. The van der Waals surface area contributed by atoms with Gasteiger partial charge in [-0.15, -0.1) is 0 Å². The number of hydrogen-bond donors (Lipinski definition) is 0. The molecular formula is C48H54O9SSi5. The first-order valence-electron chi connectivity index (χ1n) is 21.4. The van der Waals surface area contributed by atoms with Crippen LogP contribution >= 0.6 is 11.2 Å². The maximum atomic E-state index is 6.88. The Morgan fingerprint density at radius 1 is 0.317 bits per heavy atom. The van der Waals surface area contributed by atoms with E-state index in [-0.39, 0.29) is 0 Å². The first-order chi connectivity index (χ1) is 29.9. The normalized spacial score (nSPS) is 13.1. The Labute approximate surface area is 377 Å². The van der Waals surface area contributed by atoms with E-state index in [9.17, 15) is 0 Å². The Morgan fingerprint density at radius 2 is 0.540 bits per heavy atom. The molecule has 0 amide bonds. The van der Waals surface area contributed by atoms with Crippen molar-refractivity contribution in [3.05, 3.63) is 109 Å². The van der Waals surface area contributed by atoms with E-state index < -0.39 is 38.1 Å². The Balaban J connectivity index is 0.866. The van der Waals surface area contributed by atoms with Crippen LogP contribution in [0.25, 0.3) is 92.2 Å². The number of furan rings is 9. The summed E-state index contributed by atoms with van der Waals surface area (Å²) in [5, 5.41) is 2.93. The van der Waals surface area contributed by atoms with Crippen LogP contribution in [-0.4, -0.2) is 43.3 Å². The fourth-order valence-electron chi connectivity index (χ4n) is 10.2. The van der Waals surface area contributed by atoms with Crippen LogP contribution in [0.3, 0.4) is 0 Å². The topological polar surface area (TPSA) is 118 Å². The van der Waals surface area contributed by atoms with Crippen molar-refractivity contribution in [3.63, 3.8) is 0 Å². The first-order valence-corrected chi connectivity index (χ1v) is 40.4. The second kappa shape index (κ2) is 16.2. The smallest absolute Gasteiger partial charge is 0.170 e. The van der Waals surface area contributed by atoms with Gasteiger partial charge in [-0.1, -0.05) is 72.8 Å². The van der Waals surface area contributed by atoms with E-state index in [0.29, 0.717) is 85.9 Å². The summed E-state index contributed by atoms with van der Waals surface area (Å²) >= 11 is 1.97. The molecule has 15 heteroatoms. The average molecular weight is 947 g/mol. The Hall–Kier alpha value is -5.05. The molecule has 0 aliphatic rings. The summed E-state index contributed by atoms with van der Waals surface area (Å²) in [4.78, 5) is 0. The zero-order valence-corrected chi connectivity index (χ0v) is 44.0. The van der Waals surface area contributed by atoms with Gasteiger partial charge < -0.3 is 39.8 Å². The summed E-state index contributed by atoms with van der Waals surface area (Å²) in [6.45, 7) is 25.7. The van der Waals surface area contributed by atoms with E-state index in [0.717, 1.165) is 16.9 Å². The highest BCUT2D eigenvalue weighted by molar-refractivity contribution is 8.23. The van der Waals surface area contributed by atoms with Gasteiger partial charge in [0.05, 0.1) is 10.8 Å². The number of hydrogen-bond acceptors (Lipinski definition) is 10. The van der Waals surface area contributed by atoms with Crippen molar-refractivity contribution >= 4 is 60.0 Å². The van der Waals surface area contributed by atoms with Crippen LogP contribution in [0.4, 0.5) is 0 Å². The molecule has 9 rings (SSSR count). The maximum Gasteiger partial charge on any atom is 0.170 e. The van der Waals surface area contributed by atoms with E-state index in [1.807, 2.05) is 102 Å². The third-order valence-corrected chi connectivity index (χ3v) is 87.3. The van der Waals surface area contributed by atoms with Gasteiger partial charge in [0.2, 0.25) is 0 Å². The molecule has 9 aromatic heterocycles. The first kappa shape index (κ1) is 43.2. The quantitative estimate of drug-likeness (QED) is 0.0919. The van der Waals surface area contributed by atoms with E-state index in [2.05, 4.69) is 91.0 Å². The fraction of sp³-hybridized carbons (Fsp3) is 0.250. The lowest BCUT2D eigenvalue weighted by molar-refractivity contribution is 0.490. The van der Waals surface area contributed by atoms with Gasteiger partial charge in [-0.2, -0.15) is 11.2 Å². The van der Waals surface area contributed by atoms with Gasteiger partial charge in [-0.05, 0) is 114 Å². The zero-order valence-electron chi connectivity index (χ0n) is 37.8. The molecule has 0 saturated heterocycles. The van der Waals surface area contributed by atoms with Crippen LogP contribution in [0, 0.1) is 0 Å². The van der Waals surface area contributed by atoms with Gasteiger partial charge >= 0.3 is 0 Å². The van der Waals surface area contributed by atoms with Crippen LogP contribution < -0.4 is 10.8 Å². The van der Waals surface area contributed by atoms with E-state index >= 15 is 0 Å². The van der Waals surface area contributed by atoms with Crippen molar-refractivity contribution in [1.82, 2.24) is 0 Å². The molecule has 0 unspecified atom stereocenters. The van der Waals surface area contributed by atoms with E-state index in [1.165, 1.54) is 5.38 Å². The zero-order chi connectivity index (χ0) is 44.5. The molecule has 0 aliphatic heterocycles. The van der Waals surface area contributed by atoms with Crippen molar-refractivity contribution in [1.29, 1.82) is 0 Å². The molecule has 326 valence electrons. The Morgan fingerprint density at radius 3 is 0.794 bits per heavy atom. The van der Waals surface area contributed by atoms with Gasteiger partial charge in [0.15, 0.2) is 101 Å². The number of rotatable bonds is 15. The molecular weight excluding hydrogens is 893 g/mol. The lowest BCUT2D eigenvalue weighted by Crippen LogP contribution is -2.88. The fourth-order valence-corrected chi connectivity index (χ4v) is 112. The van der Waals surface area contributed by atoms with Crippen molar-refractivity contribution in [2.75, 3.05) is 0 Å².